The molecule has 0 amide bonds. The molecular weight excluding hydrogens is 346 g/mol. The van der Waals surface area contributed by atoms with Crippen molar-refractivity contribution in [2.24, 2.45) is 0 Å². The molecule has 24 heavy (non-hydrogen) atoms. The Kier molecular flexibility index (Phi) is 3.30. The average Bonchev–Trinajstić information content (AvgIpc) is 2.68. The van der Waals surface area contributed by atoms with Crippen LogP contribution in [-0.4, -0.2) is 0 Å². The zero-order valence-electron chi connectivity index (χ0n) is 12.3. The quantitative estimate of drug-likeness (QED) is 0.328. The lowest BCUT2D eigenvalue weighted by molar-refractivity contribution is 0.636. The second-order valence-corrected chi connectivity index (χ2v) is 6.69. The van der Waals surface area contributed by atoms with Crippen LogP contribution in [-0.2, 0) is 0 Å². The minimum absolute atomic E-state index is 0.184. The molecule has 0 aromatic heterocycles. The van der Waals surface area contributed by atoms with Crippen LogP contribution in [0.4, 0.5) is 20.2 Å². The number of benzene rings is 2. The molecule has 0 aliphatic rings. The number of nitrogen functional groups attached to an aromatic ring is 2. The van der Waals surface area contributed by atoms with Gasteiger partial charge in [0.25, 0.3) is 0 Å². The molecule has 0 fully saturated rings. The fraction of sp³-hybridized carbons (Fsp3) is 0. The van der Waals surface area contributed by atoms with Crippen molar-refractivity contribution in [2.75, 3.05) is 11.5 Å². The monoisotopic (exact) mass is 358 g/mol. The first kappa shape index (κ1) is 15.4. The number of hydrogen-bond acceptors (Lipinski definition) is 4. The van der Waals surface area contributed by atoms with E-state index < -0.39 is 11.6 Å². The molecule has 2 nitrogen and oxygen atoms in total. The van der Waals surface area contributed by atoms with Gasteiger partial charge in [-0.2, -0.15) is 0 Å². The van der Waals surface area contributed by atoms with Gasteiger partial charge in [0.05, 0.1) is 16.3 Å². The standard InChI is InChI=1S/C18H12F2N2S2/c19-14-5-9(23)6-15(20)11-2-8-4-13-12(3-7(8)1-10(11)14)16(21)18(24)17(13)22/h1-6,23-24H,21-22H2. The molecule has 0 aliphatic heterocycles. The first-order valence-corrected chi connectivity index (χ1v) is 8.01. The Morgan fingerprint density at radius 1 is 0.625 bits per heavy atom. The van der Waals surface area contributed by atoms with Crippen molar-refractivity contribution >= 4 is 68.9 Å². The number of anilines is 2. The van der Waals surface area contributed by atoms with E-state index in [0.29, 0.717) is 16.3 Å². The molecular formula is C18H12F2N2S2. The summed E-state index contributed by atoms with van der Waals surface area (Å²) in [5.41, 5.74) is 13.0. The van der Waals surface area contributed by atoms with Crippen LogP contribution in [0.15, 0.2) is 46.2 Å². The average molecular weight is 358 g/mol. The first-order valence-electron chi connectivity index (χ1n) is 7.12. The third kappa shape index (κ3) is 2.10. The molecule has 0 spiro atoms. The largest absolute Gasteiger partial charge is 0.397 e. The van der Waals surface area contributed by atoms with Crippen molar-refractivity contribution < 1.29 is 8.78 Å². The van der Waals surface area contributed by atoms with Crippen LogP contribution in [0, 0.1) is 11.6 Å². The van der Waals surface area contributed by atoms with Crippen LogP contribution in [0.25, 0.3) is 32.3 Å². The lowest BCUT2D eigenvalue weighted by Gasteiger charge is -2.04. The van der Waals surface area contributed by atoms with Gasteiger partial charge in [0, 0.05) is 26.4 Å². The van der Waals surface area contributed by atoms with Crippen molar-refractivity contribution in [2.45, 2.75) is 9.79 Å². The number of hydrogen-bond donors (Lipinski definition) is 4. The zero-order valence-corrected chi connectivity index (χ0v) is 14.1. The van der Waals surface area contributed by atoms with Crippen LogP contribution in [0.2, 0.25) is 0 Å². The van der Waals surface area contributed by atoms with Crippen molar-refractivity contribution in [3.8, 4) is 0 Å². The van der Waals surface area contributed by atoms with Crippen molar-refractivity contribution in [3.05, 3.63) is 48.0 Å². The summed E-state index contributed by atoms with van der Waals surface area (Å²) in [5.74, 6) is -1.07. The Balaban J connectivity index is 2.22. The lowest BCUT2D eigenvalue weighted by atomic mass is 10.0. The second-order valence-electron chi connectivity index (χ2n) is 5.73. The molecule has 120 valence electrons. The Morgan fingerprint density at radius 2 is 1.00 bits per heavy atom. The van der Waals surface area contributed by atoms with Crippen LogP contribution < -0.4 is 11.5 Å². The van der Waals surface area contributed by atoms with Gasteiger partial charge in [-0.05, 0) is 47.2 Å². The zero-order chi connectivity index (χ0) is 17.2. The van der Waals surface area contributed by atoms with Gasteiger partial charge in [-0.1, -0.05) is 0 Å². The molecule has 4 aromatic rings. The molecule has 4 N–H and O–H groups in total. The summed E-state index contributed by atoms with van der Waals surface area (Å²) in [5, 5.41) is 3.35. The van der Waals surface area contributed by atoms with E-state index in [4.69, 9.17) is 11.5 Å². The number of rotatable bonds is 0. The SMILES string of the molecule is Nc1c(S)c(N)c2cc3cc4c(F)cc(S)cc(F)c4cc3cc12. The summed E-state index contributed by atoms with van der Waals surface area (Å²) in [6.07, 6.45) is 0. The number of halogens is 2. The van der Waals surface area contributed by atoms with E-state index in [-0.39, 0.29) is 15.7 Å². The molecule has 0 heterocycles. The molecule has 0 saturated heterocycles. The highest BCUT2D eigenvalue weighted by Gasteiger charge is 2.14. The summed E-state index contributed by atoms with van der Waals surface area (Å²) in [6.45, 7) is 0. The topological polar surface area (TPSA) is 52.0 Å². The Bertz CT molecular complexity index is 1090. The molecule has 0 saturated carbocycles. The van der Waals surface area contributed by atoms with Gasteiger partial charge in [-0.3, -0.25) is 0 Å². The van der Waals surface area contributed by atoms with E-state index in [2.05, 4.69) is 25.3 Å². The van der Waals surface area contributed by atoms with Gasteiger partial charge < -0.3 is 11.5 Å². The van der Waals surface area contributed by atoms with Gasteiger partial charge in [-0.25, -0.2) is 8.78 Å². The minimum atomic E-state index is -0.536. The van der Waals surface area contributed by atoms with E-state index in [9.17, 15) is 8.78 Å². The predicted octanol–water partition coefficient (Wildman–Crippen LogP) is 5.17. The van der Waals surface area contributed by atoms with E-state index in [1.807, 2.05) is 12.1 Å². The number of fused-ring (bicyclic) bond motifs is 3. The van der Waals surface area contributed by atoms with Crippen LogP contribution >= 0.6 is 25.3 Å². The maximum atomic E-state index is 14.4. The smallest absolute Gasteiger partial charge is 0.132 e. The second kappa shape index (κ2) is 5.16. The summed E-state index contributed by atoms with van der Waals surface area (Å²) < 4.78 is 28.8. The normalized spacial score (nSPS) is 11.7. The van der Waals surface area contributed by atoms with Gasteiger partial charge >= 0.3 is 0 Å². The number of nitrogens with two attached hydrogens (primary N) is 2. The van der Waals surface area contributed by atoms with Gasteiger partial charge in [0.2, 0.25) is 0 Å². The first-order chi connectivity index (χ1) is 11.4. The molecule has 0 atom stereocenters. The Hall–Kier alpha value is -2.18. The van der Waals surface area contributed by atoms with Gasteiger partial charge in [0.1, 0.15) is 11.6 Å². The van der Waals surface area contributed by atoms with E-state index in [1.54, 1.807) is 12.1 Å². The van der Waals surface area contributed by atoms with E-state index in [1.165, 1.54) is 12.1 Å². The molecule has 0 bridgehead atoms. The predicted molar refractivity (Wildman–Crippen MR) is 102 cm³/mol. The van der Waals surface area contributed by atoms with Crippen molar-refractivity contribution in [1.82, 2.24) is 0 Å². The van der Waals surface area contributed by atoms with Crippen LogP contribution in [0.3, 0.4) is 0 Å². The van der Waals surface area contributed by atoms with Gasteiger partial charge in [0.15, 0.2) is 0 Å². The van der Waals surface area contributed by atoms with E-state index in [0.717, 1.165) is 21.5 Å². The van der Waals surface area contributed by atoms with Crippen LogP contribution in [0.5, 0.6) is 0 Å². The maximum Gasteiger partial charge on any atom is 0.132 e. The van der Waals surface area contributed by atoms with E-state index >= 15 is 0 Å². The molecule has 0 radical (unpaired) electrons. The summed E-state index contributed by atoms with van der Waals surface area (Å²) in [6, 6.07) is 9.25. The van der Waals surface area contributed by atoms with Crippen molar-refractivity contribution in [3.63, 3.8) is 0 Å². The highest BCUT2D eigenvalue weighted by atomic mass is 32.1. The Labute approximate surface area is 147 Å². The molecule has 4 rings (SSSR count). The highest BCUT2D eigenvalue weighted by molar-refractivity contribution is 7.80. The molecule has 4 aromatic carbocycles. The lowest BCUT2D eigenvalue weighted by Crippen LogP contribution is -1.84. The fourth-order valence-electron chi connectivity index (χ4n) is 3.05. The van der Waals surface area contributed by atoms with Gasteiger partial charge in [-0.15, -0.1) is 25.3 Å². The number of thiol groups is 2. The third-order valence-corrected chi connectivity index (χ3v) is 5.01. The molecule has 0 aliphatic carbocycles. The summed E-state index contributed by atoms with van der Waals surface area (Å²) >= 11 is 8.38. The third-order valence-electron chi connectivity index (χ3n) is 4.27. The maximum absolute atomic E-state index is 14.4. The highest BCUT2D eigenvalue weighted by Crippen LogP contribution is 2.41. The minimum Gasteiger partial charge on any atom is -0.397 e. The van der Waals surface area contributed by atoms with Crippen LogP contribution in [0.1, 0.15) is 0 Å². The summed E-state index contributed by atoms with van der Waals surface area (Å²) in [7, 11) is 0. The Morgan fingerprint density at radius 3 is 1.42 bits per heavy atom. The molecule has 6 heteroatoms. The fourth-order valence-corrected chi connectivity index (χ4v) is 3.52. The molecule has 0 unspecified atom stereocenters. The van der Waals surface area contributed by atoms with Crippen molar-refractivity contribution in [1.29, 1.82) is 0 Å². The summed E-state index contributed by atoms with van der Waals surface area (Å²) in [4.78, 5) is 0.741.